The van der Waals surface area contributed by atoms with Crippen LogP contribution in [0.25, 0.3) is 0 Å². The van der Waals surface area contributed by atoms with Gasteiger partial charge >= 0.3 is 0 Å². The van der Waals surface area contributed by atoms with Crippen LogP contribution >= 0.6 is 0 Å². The number of hydrogen-bond donors (Lipinski definition) is 1. The maximum absolute atomic E-state index is 5.81. The molecule has 1 heterocycles. The van der Waals surface area contributed by atoms with E-state index in [1.807, 2.05) is 13.0 Å². The Hall–Kier alpha value is -1.36. The van der Waals surface area contributed by atoms with E-state index in [4.69, 9.17) is 10.5 Å². The van der Waals surface area contributed by atoms with Crippen LogP contribution in [0.4, 0.5) is 11.6 Å². The van der Waals surface area contributed by atoms with Gasteiger partial charge in [0.1, 0.15) is 18.2 Å². The molecule has 0 bridgehead atoms. The number of nitrogens with two attached hydrogens (primary N) is 1. The third-order valence-electron chi connectivity index (χ3n) is 3.36. The lowest BCUT2D eigenvalue weighted by atomic mass is 9.85. The van der Waals surface area contributed by atoms with Gasteiger partial charge in [-0.3, -0.25) is 0 Å². The van der Waals surface area contributed by atoms with Gasteiger partial charge in [-0.25, -0.2) is 9.97 Å². The minimum atomic E-state index is 0.422. The fraction of sp³-hybridized carbons (Fsp3) is 0.692. The second-order valence-electron chi connectivity index (χ2n) is 4.88. The van der Waals surface area contributed by atoms with Gasteiger partial charge in [-0.15, -0.1) is 0 Å². The fourth-order valence-electron chi connectivity index (χ4n) is 2.11. The number of anilines is 2. The third kappa shape index (κ3) is 3.32. The second-order valence-corrected chi connectivity index (χ2v) is 4.88. The lowest BCUT2D eigenvalue weighted by Gasteiger charge is -2.30. The predicted octanol–water partition coefficient (Wildman–Crippen LogP) is 1.83. The van der Waals surface area contributed by atoms with Gasteiger partial charge in [-0.05, 0) is 25.7 Å². The molecular weight excluding hydrogens is 228 g/mol. The molecule has 0 aliphatic heterocycles. The highest BCUT2D eigenvalue weighted by molar-refractivity contribution is 5.46. The van der Waals surface area contributed by atoms with Crippen LogP contribution in [0.5, 0.6) is 0 Å². The van der Waals surface area contributed by atoms with Crippen molar-refractivity contribution >= 4 is 11.6 Å². The smallest absolute Gasteiger partial charge is 0.158 e. The van der Waals surface area contributed by atoms with E-state index in [1.165, 1.54) is 19.3 Å². The first-order chi connectivity index (χ1) is 8.69. The molecule has 0 unspecified atom stereocenters. The molecule has 100 valence electrons. The van der Waals surface area contributed by atoms with Crippen molar-refractivity contribution in [3.8, 4) is 0 Å². The Kier molecular flexibility index (Phi) is 4.36. The van der Waals surface area contributed by atoms with Crippen LogP contribution in [0.3, 0.4) is 0 Å². The maximum Gasteiger partial charge on any atom is 0.158 e. The molecular formula is C13H22N4O. The molecule has 5 heteroatoms. The molecule has 1 fully saturated rings. The summed E-state index contributed by atoms with van der Waals surface area (Å²) in [5.41, 5.74) is 5.81. The molecule has 2 N–H and O–H groups in total. The Balaban J connectivity index is 2.03. The van der Waals surface area contributed by atoms with Crippen molar-refractivity contribution in [2.45, 2.75) is 32.8 Å². The summed E-state index contributed by atoms with van der Waals surface area (Å²) in [4.78, 5) is 10.8. The molecule has 1 aromatic heterocycles. The van der Waals surface area contributed by atoms with Gasteiger partial charge in [-0.2, -0.15) is 0 Å². The average molecular weight is 250 g/mol. The van der Waals surface area contributed by atoms with Crippen LogP contribution in [-0.2, 0) is 11.3 Å². The molecule has 0 radical (unpaired) electrons. The molecule has 1 aliphatic carbocycles. The standard InChI is InChI=1S/C13H22N4O/c1-3-18-9-12-15-11(14)7-13(16-12)17(2)8-10-5-4-6-10/h7,10H,3-6,8-9H2,1-2H3,(H2,14,15,16). The molecule has 18 heavy (non-hydrogen) atoms. The van der Waals surface area contributed by atoms with Gasteiger partial charge in [0.25, 0.3) is 0 Å². The number of hydrogen-bond acceptors (Lipinski definition) is 5. The van der Waals surface area contributed by atoms with Crippen molar-refractivity contribution in [1.29, 1.82) is 0 Å². The number of rotatable bonds is 6. The van der Waals surface area contributed by atoms with Crippen molar-refractivity contribution < 1.29 is 4.74 Å². The lowest BCUT2D eigenvalue weighted by Crippen LogP contribution is -2.30. The van der Waals surface area contributed by atoms with Gasteiger partial charge in [0.15, 0.2) is 5.82 Å². The summed E-state index contributed by atoms with van der Waals surface area (Å²) in [5, 5.41) is 0. The van der Waals surface area contributed by atoms with E-state index >= 15 is 0 Å². The Bertz CT molecular complexity index is 393. The monoisotopic (exact) mass is 250 g/mol. The summed E-state index contributed by atoms with van der Waals surface area (Å²) >= 11 is 0. The van der Waals surface area contributed by atoms with E-state index in [1.54, 1.807) is 0 Å². The zero-order valence-electron chi connectivity index (χ0n) is 11.2. The summed E-state index contributed by atoms with van der Waals surface area (Å²) in [6, 6.07) is 1.83. The molecule has 2 rings (SSSR count). The van der Waals surface area contributed by atoms with Crippen LogP contribution in [0.1, 0.15) is 32.0 Å². The molecule has 1 saturated carbocycles. The minimum Gasteiger partial charge on any atom is -0.384 e. The van der Waals surface area contributed by atoms with Crippen molar-refractivity contribution in [2.24, 2.45) is 5.92 Å². The lowest BCUT2D eigenvalue weighted by molar-refractivity contribution is 0.128. The number of nitrogens with zero attached hydrogens (tertiary/aromatic N) is 3. The summed E-state index contributed by atoms with van der Waals surface area (Å²) in [6.45, 7) is 4.08. The zero-order chi connectivity index (χ0) is 13.0. The topological polar surface area (TPSA) is 64.3 Å². The molecule has 5 nitrogen and oxygen atoms in total. The number of ether oxygens (including phenoxy) is 1. The van der Waals surface area contributed by atoms with Crippen LogP contribution < -0.4 is 10.6 Å². The highest BCUT2D eigenvalue weighted by Crippen LogP contribution is 2.28. The molecule has 0 amide bonds. The summed E-state index contributed by atoms with van der Waals surface area (Å²) < 4.78 is 5.32. The van der Waals surface area contributed by atoms with Crippen LogP contribution in [0.2, 0.25) is 0 Å². The Morgan fingerprint density at radius 2 is 2.22 bits per heavy atom. The van der Waals surface area contributed by atoms with Crippen molar-refractivity contribution in [1.82, 2.24) is 9.97 Å². The fourth-order valence-corrected chi connectivity index (χ4v) is 2.11. The van der Waals surface area contributed by atoms with E-state index in [9.17, 15) is 0 Å². The number of aromatic nitrogens is 2. The second kappa shape index (κ2) is 6.00. The first-order valence-corrected chi connectivity index (χ1v) is 6.61. The van der Waals surface area contributed by atoms with Gasteiger partial charge in [0.2, 0.25) is 0 Å². The van der Waals surface area contributed by atoms with Crippen LogP contribution in [-0.4, -0.2) is 30.2 Å². The molecule has 0 atom stereocenters. The van der Waals surface area contributed by atoms with E-state index in [0.29, 0.717) is 24.9 Å². The minimum absolute atomic E-state index is 0.422. The quantitative estimate of drug-likeness (QED) is 0.834. The average Bonchev–Trinajstić information content (AvgIpc) is 2.30. The summed E-state index contributed by atoms with van der Waals surface area (Å²) in [7, 11) is 2.06. The molecule has 0 spiro atoms. The highest BCUT2D eigenvalue weighted by Gasteiger charge is 2.20. The Morgan fingerprint density at radius 1 is 1.44 bits per heavy atom. The van der Waals surface area contributed by atoms with Crippen molar-refractivity contribution in [2.75, 3.05) is 30.8 Å². The van der Waals surface area contributed by atoms with Gasteiger partial charge in [0.05, 0.1) is 0 Å². The SMILES string of the molecule is CCOCc1nc(N)cc(N(C)CC2CCC2)n1. The first-order valence-electron chi connectivity index (χ1n) is 6.61. The van der Waals surface area contributed by atoms with Gasteiger partial charge in [-0.1, -0.05) is 6.42 Å². The third-order valence-corrected chi connectivity index (χ3v) is 3.36. The first kappa shape index (κ1) is 13.1. The van der Waals surface area contributed by atoms with Crippen molar-refractivity contribution in [3.63, 3.8) is 0 Å². The molecule has 0 aromatic carbocycles. The van der Waals surface area contributed by atoms with Gasteiger partial charge in [0, 0.05) is 26.3 Å². The van der Waals surface area contributed by atoms with Gasteiger partial charge < -0.3 is 15.4 Å². The summed E-state index contributed by atoms with van der Waals surface area (Å²) in [6.07, 6.45) is 4.02. The van der Waals surface area contributed by atoms with E-state index in [-0.39, 0.29) is 0 Å². The Morgan fingerprint density at radius 3 is 2.83 bits per heavy atom. The van der Waals surface area contributed by atoms with E-state index in [2.05, 4.69) is 21.9 Å². The maximum atomic E-state index is 5.81. The molecule has 0 saturated heterocycles. The van der Waals surface area contributed by atoms with E-state index in [0.717, 1.165) is 18.3 Å². The van der Waals surface area contributed by atoms with Crippen LogP contribution in [0, 0.1) is 5.92 Å². The predicted molar refractivity (Wildman–Crippen MR) is 72.4 cm³/mol. The summed E-state index contributed by atoms with van der Waals surface area (Å²) in [5.74, 6) is 2.87. The van der Waals surface area contributed by atoms with Crippen LogP contribution in [0.15, 0.2) is 6.07 Å². The Labute approximate surface area is 108 Å². The van der Waals surface area contributed by atoms with Crippen molar-refractivity contribution in [3.05, 3.63) is 11.9 Å². The normalized spacial score (nSPS) is 15.4. The largest absolute Gasteiger partial charge is 0.384 e. The molecule has 1 aromatic rings. The zero-order valence-corrected chi connectivity index (χ0v) is 11.2. The highest BCUT2D eigenvalue weighted by atomic mass is 16.5. The van der Waals surface area contributed by atoms with E-state index < -0.39 is 0 Å². The number of nitrogen functional groups attached to an aromatic ring is 1. The molecule has 1 aliphatic rings.